The van der Waals surface area contributed by atoms with Crippen LogP contribution in [0.25, 0.3) is 27.3 Å². The summed E-state index contributed by atoms with van der Waals surface area (Å²) in [6.45, 7) is 9.46. The molecule has 0 fully saturated rings. The van der Waals surface area contributed by atoms with Crippen LogP contribution in [0.5, 0.6) is 0 Å². The molecule has 2 aromatic heterocycles. The van der Waals surface area contributed by atoms with Crippen molar-refractivity contribution in [3.8, 4) is 0 Å². The van der Waals surface area contributed by atoms with Crippen LogP contribution in [0, 0.1) is 0 Å². The second-order valence-corrected chi connectivity index (χ2v) is 17.8. The Balaban J connectivity index is 1.59. The van der Waals surface area contributed by atoms with Gasteiger partial charge in [-0.25, -0.2) is 19.2 Å². The highest BCUT2D eigenvalue weighted by Crippen LogP contribution is 2.30. The number of hydrogen-bond donors (Lipinski definition) is 3. The Labute approximate surface area is 398 Å². The van der Waals surface area contributed by atoms with E-state index in [1.54, 1.807) is 12.4 Å². The van der Waals surface area contributed by atoms with Gasteiger partial charge in [0, 0.05) is 40.0 Å². The van der Waals surface area contributed by atoms with Crippen molar-refractivity contribution in [2.24, 2.45) is 0 Å². The summed E-state index contributed by atoms with van der Waals surface area (Å²) in [5.74, 6) is -3.71. The number of carbonyl (C=O) groups is 5. The summed E-state index contributed by atoms with van der Waals surface area (Å²) in [6.07, 6.45) is 28.6. The number of ketones is 1. The molecule has 67 heavy (non-hydrogen) atoms. The van der Waals surface area contributed by atoms with E-state index < -0.39 is 35.4 Å². The van der Waals surface area contributed by atoms with E-state index in [1.165, 1.54) is 37.1 Å². The molecule has 0 radical (unpaired) electrons. The third-order valence-electron chi connectivity index (χ3n) is 12.2. The molecule has 0 unspecified atom stereocenters. The van der Waals surface area contributed by atoms with Gasteiger partial charge in [-0.3, -0.25) is 4.79 Å². The lowest BCUT2D eigenvalue weighted by atomic mass is 10.0. The number of H-pyrrole nitrogens is 2. The quantitative estimate of drug-likeness (QED) is 0.0101. The first-order chi connectivity index (χ1) is 32.6. The molecule has 4 aromatic rings. The van der Waals surface area contributed by atoms with Crippen molar-refractivity contribution in [2.75, 3.05) is 26.4 Å². The van der Waals surface area contributed by atoms with Gasteiger partial charge in [-0.2, -0.15) is 0 Å². The SMILES string of the molecule is CCCCCCCCOC(=O)c1cc2c[nH]c(C(=O)/C=C(\O)c3[nH]cc4cc(C(=O)OCCCCCCCC)c(C(=O)OCCCCCCCC)cc34)c2cc1C(=O)OCCCCCCCC. The first-order valence-corrected chi connectivity index (χ1v) is 25.6. The molecule has 0 aliphatic heterocycles. The number of benzene rings is 2. The van der Waals surface area contributed by atoms with Crippen LogP contribution in [0.3, 0.4) is 0 Å². The zero-order chi connectivity index (χ0) is 48.2. The third-order valence-corrected chi connectivity index (χ3v) is 12.2. The minimum absolute atomic E-state index is 0.000944. The Morgan fingerprint density at radius 3 is 1.04 bits per heavy atom. The minimum Gasteiger partial charge on any atom is -0.506 e. The van der Waals surface area contributed by atoms with Gasteiger partial charge in [0.15, 0.2) is 0 Å². The molecule has 2 aromatic carbocycles. The third kappa shape index (κ3) is 17.7. The number of hydrogen-bond acceptors (Lipinski definition) is 10. The molecule has 2 heterocycles. The molecule has 0 atom stereocenters. The highest BCUT2D eigenvalue weighted by atomic mass is 16.5. The number of unbranched alkanes of at least 4 members (excludes halogenated alkanes) is 20. The monoisotopic (exact) mass is 927 g/mol. The van der Waals surface area contributed by atoms with E-state index in [-0.39, 0.29) is 60.1 Å². The van der Waals surface area contributed by atoms with Crippen molar-refractivity contribution in [1.82, 2.24) is 9.97 Å². The summed E-state index contributed by atoms with van der Waals surface area (Å²) >= 11 is 0. The number of aromatic amines is 2. The Kier molecular flexibility index (Phi) is 24.9. The van der Waals surface area contributed by atoms with Crippen LogP contribution in [-0.2, 0) is 18.9 Å². The largest absolute Gasteiger partial charge is 0.506 e. The van der Waals surface area contributed by atoms with Crippen molar-refractivity contribution in [3.05, 3.63) is 76.4 Å². The van der Waals surface area contributed by atoms with Gasteiger partial charge in [0.05, 0.1) is 60.1 Å². The fourth-order valence-corrected chi connectivity index (χ4v) is 8.22. The van der Waals surface area contributed by atoms with Crippen LogP contribution >= 0.6 is 0 Å². The number of esters is 4. The Bertz CT molecular complexity index is 2200. The lowest BCUT2D eigenvalue weighted by Crippen LogP contribution is -2.15. The van der Waals surface area contributed by atoms with Crippen LogP contribution < -0.4 is 0 Å². The number of ether oxygens (including phenoxy) is 4. The van der Waals surface area contributed by atoms with Gasteiger partial charge in [0.1, 0.15) is 5.76 Å². The molecule has 0 aliphatic rings. The topological polar surface area (TPSA) is 174 Å². The molecule has 0 saturated heterocycles. The fourth-order valence-electron chi connectivity index (χ4n) is 8.22. The smallest absolute Gasteiger partial charge is 0.339 e. The van der Waals surface area contributed by atoms with Gasteiger partial charge in [-0.15, -0.1) is 0 Å². The maximum absolute atomic E-state index is 14.0. The van der Waals surface area contributed by atoms with Crippen molar-refractivity contribution in [3.63, 3.8) is 0 Å². The van der Waals surface area contributed by atoms with E-state index in [0.29, 0.717) is 47.2 Å². The van der Waals surface area contributed by atoms with E-state index in [2.05, 4.69) is 37.7 Å². The summed E-state index contributed by atoms with van der Waals surface area (Å²) in [4.78, 5) is 74.1. The summed E-state index contributed by atoms with van der Waals surface area (Å²) in [6, 6.07) is 6.02. The first-order valence-electron chi connectivity index (χ1n) is 25.6. The molecule has 3 N–H and O–H groups in total. The molecule has 0 amide bonds. The van der Waals surface area contributed by atoms with E-state index in [4.69, 9.17) is 18.9 Å². The zero-order valence-electron chi connectivity index (χ0n) is 41.0. The maximum atomic E-state index is 14.0. The number of nitrogens with one attached hydrogen (secondary N) is 2. The molecule has 12 nitrogen and oxygen atoms in total. The second-order valence-electron chi connectivity index (χ2n) is 17.8. The number of aliphatic hydroxyl groups is 1. The van der Waals surface area contributed by atoms with E-state index in [0.717, 1.165) is 122 Å². The summed E-state index contributed by atoms with van der Waals surface area (Å²) in [5.41, 5.74) is 0.308. The van der Waals surface area contributed by atoms with Crippen molar-refractivity contribution in [1.29, 1.82) is 0 Å². The fraction of sp³-hybridized carbons (Fsp3) is 0.582. The molecule has 0 bridgehead atoms. The number of aliphatic hydroxyl groups excluding tert-OH is 1. The molecule has 368 valence electrons. The van der Waals surface area contributed by atoms with E-state index >= 15 is 0 Å². The molecular formula is C55H78N2O10. The van der Waals surface area contributed by atoms with E-state index in [1.807, 2.05) is 0 Å². The lowest BCUT2D eigenvalue weighted by Gasteiger charge is -2.11. The average molecular weight is 927 g/mol. The van der Waals surface area contributed by atoms with Crippen LogP contribution in [0.2, 0.25) is 0 Å². The van der Waals surface area contributed by atoms with Gasteiger partial charge in [0.2, 0.25) is 5.78 Å². The van der Waals surface area contributed by atoms with Crippen LogP contribution in [0.15, 0.2) is 42.7 Å². The van der Waals surface area contributed by atoms with Crippen LogP contribution in [0.1, 0.15) is 239 Å². The van der Waals surface area contributed by atoms with Crippen molar-refractivity contribution >= 4 is 57.0 Å². The highest BCUT2D eigenvalue weighted by Gasteiger charge is 2.26. The van der Waals surface area contributed by atoms with Gasteiger partial charge >= 0.3 is 23.9 Å². The van der Waals surface area contributed by atoms with Gasteiger partial charge in [-0.05, 0) is 49.9 Å². The molecule has 0 saturated carbocycles. The lowest BCUT2D eigenvalue weighted by molar-refractivity contribution is 0.0450. The Hall–Kier alpha value is -5.39. The standard InChI is InChI=1S/C55H78N2O10/c1-5-9-13-17-21-25-29-64-52(60)44-33-40-38-56-50(42(40)35-46(44)54(62)66-31-27-23-19-15-11-7-3)48(58)37-49(59)51-43-36-47(55(63)67-32-28-24-20-16-12-8-4)45(34-41(43)39-57-51)53(61)65-30-26-22-18-14-10-6-2/h33-39,56-58H,5-32H2,1-4H3/b48-37-. The molecule has 0 aliphatic carbocycles. The summed E-state index contributed by atoms with van der Waals surface area (Å²) in [5, 5.41) is 13.2. The first kappa shape index (κ1) is 54.2. The van der Waals surface area contributed by atoms with Crippen LogP contribution in [-0.4, -0.2) is 71.2 Å². The van der Waals surface area contributed by atoms with Crippen molar-refractivity contribution in [2.45, 2.75) is 182 Å². The highest BCUT2D eigenvalue weighted by molar-refractivity contribution is 6.17. The van der Waals surface area contributed by atoms with E-state index in [9.17, 15) is 29.1 Å². The predicted octanol–water partition coefficient (Wildman–Crippen LogP) is 14.5. The van der Waals surface area contributed by atoms with Gasteiger partial charge in [0.25, 0.3) is 0 Å². The molecule has 12 heteroatoms. The van der Waals surface area contributed by atoms with Crippen molar-refractivity contribution < 1.29 is 48.0 Å². The number of aromatic nitrogens is 2. The van der Waals surface area contributed by atoms with Gasteiger partial charge < -0.3 is 34.0 Å². The Morgan fingerprint density at radius 2 is 0.701 bits per heavy atom. The maximum Gasteiger partial charge on any atom is 0.339 e. The zero-order valence-corrected chi connectivity index (χ0v) is 41.0. The number of carbonyl (C=O) groups excluding carboxylic acids is 5. The van der Waals surface area contributed by atoms with Gasteiger partial charge in [-0.1, -0.05) is 156 Å². The normalized spacial score (nSPS) is 11.6. The molecular weight excluding hydrogens is 849 g/mol. The Morgan fingerprint density at radius 1 is 0.418 bits per heavy atom. The van der Waals surface area contributed by atoms with Crippen LogP contribution in [0.4, 0.5) is 0 Å². The average Bonchev–Trinajstić information content (AvgIpc) is 3.96. The number of allylic oxidation sites excluding steroid dienone is 1. The molecule has 0 spiro atoms. The number of fused-ring (bicyclic) bond motifs is 2. The minimum atomic E-state index is -0.690. The predicted molar refractivity (Wildman–Crippen MR) is 266 cm³/mol. The summed E-state index contributed by atoms with van der Waals surface area (Å²) < 4.78 is 22.6. The molecule has 4 rings (SSSR count). The second kappa shape index (κ2) is 30.8. The number of rotatable bonds is 35. The summed E-state index contributed by atoms with van der Waals surface area (Å²) in [7, 11) is 0.